The Hall–Kier alpha value is -0.830. The highest BCUT2D eigenvalue weighted by Crippen LogP contribution is 2.13. The number of hydrogen-bond acceptors (Lipinski definition) is 1. The number of hydrogen-bond donors (Lipinski definition) is 1. The minimum atomic E-state index is 0.0981. The molecular weight excluding hydrogens is 266 g/mol. The number of rotatable bonds is 5. The molecule has 0 aliphatic rings. The number of amides is 1. The van der Waals surface area contributed by atoms with E-state index < -0.39 is 0 Å². The van der Waals surface area contributed by atoms with Crippen LogP contribution in [0.5, 0.6) is 0 Å². The van der Waals surface area contributed by atoms with Crippen molar-refractivity contribution < 1.29 is 4.79 Å². The van der Waals surface area contributed by atoms with Gasteiger partial charge in [-0.3, -0.25) is 4.79 Å². The van der Waals surface area contributed by atoms with Crippen LogP contribution in [0, 0.1) is 5.92 Å². The fourth-order valence-electron chi connectivity index (χ4n) is 1.35. The third kappa shape index (κ3) is 4.35. The standard InChI is InChI=1S/C13H18BrNO/c1-3-10(2)8-13(16)15-12-6-4-11(9-14)5-7-12/h4-7,10H,3,8-9H2,1-2H3,(H,15,16). The highest BCUT2D eigenvalue weighted by atomic mass is 79.9. The van der Waals surface area contributed by atoms with Crippen molar-refractivity contribution in [2.24, 2.45) is 5.92 Å². The molecule has 0 aromatic heterocycles. The van der Waals surface area contributed by atoms with Crippen LogP contribution in [-0.2, 0) is 10.1 Å². The van der Waals surface area contributed by atoms with Gasteiger partial charge in [0, 0.05) is 17.4 Å². The lowest BCUT2D eigenvalue weighted by atomic mass is 10.1. The Morgan fingerprint density at radius 3 is 2.50 bits per heavy atom. The van der Waals surface area contributed by atoms with E-state index in [1.165, 1.54) is 5.56 Å². The van der Waals surface area contributed by atoms with E-state index in [0.29, 0.717) is 12.3 Å². The number of carbonyl (C=O) groups excluding carboxylic acids is 1. The molecule has 0 saturated heterocycles. The first-order chi connectivity index (χ1) is 7.65. The summed E-state index contributed by atoms with van der Waals surface area (Å²) in [4.78, 5) is 11.6. The van der Waals surface area contributed by atoms with Crippen LogP contribution >= 0.6 is 15.9 Å². The summed E-state index contributed by atoms with van der Waals surface area (Å²) in [5.41, 5.74) is 2.08. The van der Waals surface area contributed by atoms with Crippen molar-refractivity contribution in [2.45, 2.75) is 32.0 Å². The smallest absolute Gasteiger partial charge is 0.224 e. The number of carbonyl (C=O) groups is 1. The molecule has 1 amide bonds. The molecule has 88 valence electrons. The van der Waals surface area contributed by atoms with E-state index in [1.807, 2.05) is 24.3 Å². The summed E-state index contributed by atoms with van der Waals surface area (Å²) in [7, 11) is 0. The lowest BCUT2D eigenvalue weighted by Gasteiger charge is -2.09. The summed E-state index contributed by atoms with van der Waals surface area (Å²) in [6, 6.07) is 7.89. The summed E-state index contributed by atoms with van der Waals surface area (Å²) in [6.45, 7) is 4.19. The molecule has 0 saturated carbocycles. The summed E-state index contributed by atoms with van der Waals surface area (Å²) < 4.78 is 0. The zero-order valence-corrected chi connectivity index (χ0v) is 11.4. The van der Waals surface area contributed by atoms with Crippen LogP contribution in [0.1, 0.15) is 32.3 Å². The number of alkyl halides is 1. The van der Waals surface area contributed by atoms with Crippen LogP contribution in [0.2, 0.25) is 0 Å². The first-order valence-electron chi connectivity index (χ1n) is 5.60. The van der Waals surface area contributed by atoms with Gasteiger partial charge in [-0.15, -0.1) is 0 Å². The maximum absolute atomic E-state index is 11.6. The largest absolute Gasteiger partial charge is 0.326 e. The molecule has 1 N–H and O–H groups in total. The monoisotopic (exact) mass is 283 g/mol. The van der Waals surface area contributed by atoms with Crippen LogP contribution < -0.4 is 5.32 Å². The van der Waals surface area contributed by atoms with Gasteiger partial charge in [-0.25, -0.2) is 0 Å². The molecule has 0 radical (unpaired) electrons. The van der Waals surface area contributed by atoms with Gasteiger partial charge in [0.25, 0.3) is 0 Å². The Balaban J connectivity index is 2.49. The van der Waals surface area contributed by atoms with Gasteiger partial charge in [0.15, 0.2) is 0 Å². The minimum absolute atomic E-state index is 0.0981. The van der Waals surface area contributed by atoms with Crippen molar-refractivity contribution in [3.05, 3.63) is 29.8 Å². The number of anilines is 1. The van der Waals surface area contributed by atoms with E-state index in [9.17, 15) is 4.79 Å². The normalized spacial score (nSPS) is 12.2. The van der Waals surface area contributed by atoms with E-state index in [-0.39, 0.29) is 5.91 Å². The maximum Gasteiger partial charge on any atom is 0.224 e. The van der Waals surface area contributed by atoms with Gasteiger partial charge in [-0.1, -0.05) is 48.3 Å². The first kappa shape index (κ1) is 13.2. The highest BCUT2D eigenvalue weighted by Gasteiger charge is 2.07. The molecule has 0 bridgehead atoms. The molecule has 1 unspecified atom stereocenters. The van der Waals surface area contributed by atoms with Crippen LogP contribution in [0.3, 0.4) is 0 Å². The SMILES string of the molecule is CCC(C)CC(=O)Nc1ccc(CBr)cc1. The Morgan fingerprint density at radius 2 is 2.00 bits per heavy atom. The zero-order chi connectivity index (χ0) is 12.0. The molecule has 16 heavy (non-hydrogen) atoms. The number of halogens is 1. The topological polar surface area (TPSA) is 29.1 Å². The second-order valence-electron chi connectivity index (χ2n) is 4.10. The maximum atomic E-state index is 11.6. The van der Waals surface area contributed by atoms with Crippen molar-refractivity contribution >= 4 is 27.5 Å². The van der Waals surface area contributed by atoms with E-state index >= 15 is 0 Å². The van der Waals surface area contributed by atoms with Crippen LogP contribution in [-0.4, -0.2) is 5.91 Å². The molecule has 0 aliphatic carbocycles. The van der Waals surface area contributed by atoms with Gasteiger partial charge in [0.1, 0.15) is 0 Å². The van der Waals surface area contributed by atoms with Gasteiger partial charge in [-0.2, -0.15) is 0 Å². The van der Waals surface area contributed by atoms with Gasteiger partial charge >= 0.3 is 0 Å². The Morgan fingerprint density at radius 1 is 1.38 bits per heavy atom. The van der Waals surface area contributed by atoms with Gasteiger partial charge in [0.2, 0.25) is 5.91 Å². The van der Waals surface area contributed by atoms with Crippen molar-refractivity contribution in [1.82, 2.24) is 0 Å². The van der Waals surface area contributed by atoms with Crippen molar-refractivity contribution in [3.63, 3.8) is 0 Å². The molecule has 3 heteroatoms. The van der Waals surface area contributed by atoms with E-state index in [4.69, 9.17) is 0 Å². The molecule has 0 heterocycles. The summed E-state index contributed by atoms with van der Waals surface area (Å²) in [6.07, 6.45) is 1.63. The number of nitrogens with one attached hydrogen (secondary N) is 1. The molecule has 1 aromatic rings. The molecule has 1 aromatic carbocycles. The highest BCUT2D eigenvalue weighted by molar-refractivity contribution is 9.08. The van der Waals surface area contributed by atoms with Crippen molar-refractivity contribution in [1.29, 1.82) is 0 Å². The fourth-order valence-corrected chi connectivity index (χ4v) is 1.72. The van der Waals surface area contributed by atoms with E-state index in [0.717, 1.165) is 17.4 Å². The van der Waals surface area contributed by atoms with Crippen LogP contribution in [0.25, 0.3) is 0 Å². The molecule has 1 rings (SSSR count). The average molecular weight is 284 g/mol. The third-order valence-electron chi connectivity index (χ3n) is 2.62. The average Bonchev–Trinajstić information content (AvgIpc) is 2.29. The van der Waals surface area contributed by atoms with E-state index in [1.54, 1.807) is 0 Å². The quantitative estimate of drug-likeness (QED) is 0.815. The number of benzene rings is 1. The van der Waals surface area contributed by atoms with Gasteiger partial charge in [-0.05, 0) is 23.6 Å². The Bertz CT molecular complexity index is 334. The molecule has 0 spiro atoms. The zero-order valence-electron chi connectivity index (χ0n) is 9.79. The first-order valence-corrected chi connectivity index (χ1v) is 6.72. The second kappa shape index (κ2) is 6.69. The summed E-state index contributed by atoms with van der Waals surface area (Å²) >= 11 is 3.39. The molecule has 2 nitrogen and oxygen atoms in total. The lowest BCUT2D eigenvalue weighted by Crippen LogP contribution is -2.14. The van der Waals surface area contributed by atoms with Crippen molar-refractivity contribution in [2.75, 3.05) is 5.32 Å². The van der Waals surface area contributed by atoms with Crippen LogP contribution in [0.4, 0.5) is 5.69 Å². The van der Waals surface area contributed by atoms with E-state index in [2.05, 4.69) is 35.1 Å². The molecule has 0 fully saturated rings. The lowest BCUT2D eigenvalue weighted by molar-refractivity contribution is -0.117. The third-order valence-corrected chi connectivity index (χ3v) is 3.27. The Kier molecular flexibility index (Phi) is 5.53. The Labute approximate surface area is 106 Å². The fraction of sp³-hybridized carbons (Fsp3) is 0.462. The van der Waals surface area contributed by atoms with Crippen LogP contribution in [0.15, 0.2) is 24.3 Å². The predicted octanol–water partition coefficient (Wildman–Crippen LogP) is 3.96. The van der Waals surface area contributed by atoms with Crippen molar-refractivity contribution in [3.8, 4) is 0 Å². The van der Waals surface area contributed by atoms with Gasteiger partial charge in [0.05, 0.1) is 0 Å². The molecule has 0 aliphatic heterocycles. The summed E-state index contributed by atoms with van der Waals surface area (Å²) in [5, 5.41) is 3.75. The molecular formula is C13H18BrNO. The second-order valence-corrected chi connectivity index (χ2v) is 4.66. The van der Waals surface area contributed by atoms with Gasteiger partial charge < -0.3 is 5.32 Å². The predicted molar refractivity (Wildman–Crippen MR) is 71.8 cm³/mol. The molecule has 1 atom stereocenters. The summed E-state index contributed by atoms with van der Waals surface area (Å²) in [5.74, 6) is 0.544. The minimum Gasteiger partial charge on any atom is -0.326 e.